The standard InChI is InChI=1S/C7H7.C2H5.Al.ClH/c1-7-5-3-2-4-6-7;1-2;;/h2-6H,1H2;1H2,2H3;;1H/q;;+1;/p-1. The molecule has 0 bridgehead atoms. The molecule has 0 saturated heterocycles. The summed E-state index contributed by atoms with van der Waals surface area (Å²) in [4.78, 5) is 0. The molecule has 0 unspecified atom stereocenters. The fraction of sp³-hybridized carbons (Fsp3) is 0.333. The summed E-state index contributed by atoms with van der Waals surface area (Å²) in [6.07, 6.45) is 0. The second-order valence-corrected chi connectivity index (χ2v) is 6.97. The van der Waals surface area contributed by atoms with Crippen LogP contribution in [0.5, 0.6) is 0 Å². The zero-order valence-electron chi connectivity index (χ0n) is 6.76. The Balaban J connectivity index is 2.51. The van der Waals surface area contributed by atoms with E-state index in [0.29, 0.717) is 0 Å². The zero-order valence-corrected chi connectivity index (χ0v) is 8.67. The highest BCUT2D eigenvalue weighted by Gasteiger charge is 2.11. The topological polar surface area (TPSA) is 0 Å². The molecule has 0 spiro atoms. The molecule has 0 fully saturated rings. The lowest BCUT2D eigenvalue weighted by molar-refractivity contribution is 1.32. The van der Waals surface area contributed by atoms with Gasteiger partial charge in [-0.3, -0.25) is 10.0 Å². The van der Waals surface area contributed by atoms with E-state index >= 15 is 0 Å². The highest BCUT2D eigenvalue weighted by molar-refractivity contribution is 7.06. The van der Waals surface area contributed by atoms with Crippen molar-refractivity contribution in [3.63, 3.8) is 0 Å². The number of hydrogen-bond acceptors (Lipinski definition) is 0. The fourth-order valence-electron chi connectivity index (χ4n) is 1.01. The van der Waals surface area contributed by atoms with E-state index in [4.69, 9.17) is 10.0 Å². The Labute approximate surface area is 76.8 Å². The predicted octanol–water partition coefficient (Wildman–Crippen LogP) is 3.02. The van der Waals surface area contributed by atoms with Gasteiger partial charge in [-0.05, 0) is 0 Å². The fourth-order valence-corrected chi connectivity index (χ4v) is 2.62. The van der Waals surface area contributed by atoms with Crippen molar-refractivity contribution >= 4 is 23.3 Å². The van der Waals surface area contributed by atoms with Crippen LogP contribution < -0.4 is 0 Å². The molecule has 0 saturated carbocycles. The largest absolute Gasteiger partial charge is 0.403 e. The van der Waals surface area contributed by atoms with Crippen LogP contribution in [-0.2, 0) is 5.28 Å². The van der Waals surface area contributed by atoms with Gasteiger partial charge in [-0.2, -0.15) is 0 Å². The van der Waals surface area contributed by atoms with Crippen LogP contribution in [0.3, 0.4) is 0 Å². The van der Waals surface area contributed by atoms with Crippen LogP contribution in [0.4, 0.5) is 0 Å². The van der Waals surface area contributed by atoms with Crippen molar-refractivity contribution in [3.8, 4) is 0 Å². The van der Waals surface area contributed by atoms with Gasteiger partial charge in [0.05, 0.1) is 0 Å². The van der Waals surface area contributed by atoms with Gasteiger partial charge in [0.2, 0.25) is 0 Å². The smallest absolute Gasteiger partial charge is 0.261 e. The Morgan fingerprint density at radius 1 is 1.27 bits per heavy atom. The average Bonchev–Trinajstić information content (AvgIpc) is 2.06. The molecule has 0 atom stereocenters. The summed E-state index contributed by atoms with van der Waals surface area (Å²) in [5.74, 6) is 0. The molecule has 2 heteroatoms. The maximum Gasteiger partial charge on any atom is 0.403 e. The highest BCUT2D eigenvalue weighted by atomic mass is 35.6. The molecule has 0 radical (unpaired) electrons. The molecule has 0 N–H and O–H groups in total. The summed E-state index contributed by atoms with van der Waals surface area (Å²) in [7, 11) is 6.14. The third-order valence-electron chi connectivity index (χ3n) is 1.74. The van der Waals surface area contributed by atoms with Crippen LogP contribution in [0.1, 0.15) is 12.5 Å². The van der Waals surface area contributed by atoms with E-state index in [-0.39, 0.29) is 0 Å². The monoisotopic (exact) mass is 182 g/mol. The summed E-state index contributed by atoms with van der Waals surface area (Å²) in [6, 6.07) is 10.5. The van der Waals surface area contributed by atoms with Crippen LogP contribution in [-0.4, -0.2) is 13.2 Å². The minimum Gasteiger partial charge on any atom is -0.261 e. The molecule has 0 heterocycles. The molecule has 0 amide bonds. The van der Waals surface area contributed by atoms with Crippen molar-refractivity contribution in [3.05, 3.63) is 35.9 Å². The van der Waals surface area contributed by atoms with Crippen LogP contribution in [0.25, 0.3) is 0 Å². The minimum atomic E-state index is -0.936. The lowest BCUT2D eigenvalue weighted by Crippen LogP contribution is -2.05. The van der Waals surface area contributed by atoms with Gasteiger partial charge in [0, 0.05) is 0 Å². The summed E-state index contributed by atoms with van der Waals surface area (Å²) in [5.41, 5.74) is 1.39. The van der Waals surface area contributed by atoms with Crippen LogP contribution in [0.15, 0.2) is 30.3 Å². The van der Waals surface area contributed by atoms with Gasteiger partial charge in [-0.1, -0.05) is 53.4 Å². The first-order chi connectivity index (χ1) is 5.33. The Hall–Kier alpha value is 0.0425. The first-order valence-electron chi connectivity index (χ1n) is 4.01. The van der Waals surface area contributed by atoms with E-state index in [2.05, 4.69) is 31.2 Å². The molecule has 0 aliphatic heterocycles. The van der Waals surface area contributed by atoms with Crippen molar-refractivity contribution in [1.29, 1.82) is 0 Å². The van der Waals surface area contributed by atoms with Gasteiger partial charge in [-0.15, -0.1) is 0 Å². The van der Waals surface area contributed by atoms with E-state index in [1.54, 1.807) is 0 Å². The second kappa shape index (κ2) is 4.83. The van der Waals surface area contributed by atoms with Gasteiger partial charge in [0.1, 0.15) is 0 Å². The molecule has 58 valence electrons. The number of rotatable bonds is 3. The van der Waals surface area contributed by atoms with Crippen LogP contribution >= 0.6 is 10.0 Å². The van der Waals surface area contributed by atoms with Gasteiger partial charge in [-0.25, -0.2) is 0 Å². The molecular weight excluding hydrogens is 171 g/mol. The first-order valence-corrected chi connectivity index (χ1v) is 7.38. The zero-order chi connectivity index (χ0) is 8.10. The first kappa shape index (κ1) is 9.13. The van der Waals surface area contributed by atoms with Crippen LogP contribution in [0, 0.1) is 0 Å². The Morgan fingerprint density at radius 3 is 2.45 bits per heavy atom. The van der Waals surface area contributed by atoms with E-state index < -0.39 is 13.2 Å². The number of hydrogen-bond donors (Lipinski definition) is 0. The lowest BCUT2D eigenvalue weighted by Gasteiger charge is -1.99. The van der Waals surface area contributed by atoms with E-state index in [9.17, 15) is 0 Å². The van der Waals surface area contributed by atoms with Crippen molar-refractivity contribution < 1.29 is 0 Å². The SMILES string of the molecule is C[CH2][Al]([Cl])[CH2]c1ccccc1. The maximum atomic E-state index is 6.14. The summed E-state index contributed by atoms with van der Waals surface area (Å²) in [6.45, 7) is 2.17. The van der Waals surface area contributed by atoms with Crippen molar-refractivity contribution in [1.82, 2.24) is 0 Å². The van der Waals surface area contributed by atoms with Gasteiger partial charge in [0.15, 0.2) is 0 Å². The lowest BCUT2D eigenvalue weighted by atomic mass is 10.2. The summed E-state index contributed by atoms with van der Waals surface area (Å²) >= 11 is -0.936. The molecule has 1 aromatic rings. The van der Waals surface area contributed by atoms with Crippen LogP contribution in [0.2, 0.25) is 5.28 Å². The maximum absolute atomic E-state index is 6.14. The third kappa shape index (κ3) is 3.29. The molecule has 1 rings (SSSR count). The van der Waals surface area contributed by atoms with E-state index in [0.717, 1.165) is 5.28 Å². The molecule has 0 nitrogen and oxygen atoms in total. The van der Waals surface area contributed by atoms with Gasteiger partial charge in [0.25, 0.3) is 0 Å². The van der Waals surface area contributed by atoms with Gasteiger partial charge < -0.3 is 0 Å². The Morgan fingerprint density at radius 2 is 1.91 bits per heavy atom. The second-order valence-electron chi connectivity index (χ2n) is 2.70. The summed E-state index contributed by atoms with van der Waals surface area (Å²) in [5, 5.41) is 2.30. The van der Waals surface area contributed by atoms with E-state index in [1.165, 1.54) is 10.8 Å². The predicted molar refractivity (Wildman–Crippen MR) is 52.2 cm³/mol. The quantitative estimate of drug-likeness (QED) is 0.631. The minimum absolute atomic E-state index is 0.936. The average molecular weight is 183 g/mol. The molecule has 0 aromatic heterocycles. The van der Waals surface area contributed by atoms with Crippen molar-refractivity contribution in [2.24, 2.45) is 0 Å². The molecule has 1 aromatic carbocycles. The van der Waals surface area contributed by atoms with E-state index in [1.807, 2.05) is 6.07 Å². The van der Waals surface area contributed by atoms with Crippen molar-refractivity contribution in [2.75, 3.05) is 0 Å². The summed E-state index contributed by atoms with van der Waals surface area (Å²) < 4.78 is 0. The normalized spacial score (nSPS) is 9.64. The third-order valence-corrected chi connectivity index (χ3v) is 4.93. The van der Waals surface area contributed by atoms with Crippen molar-refractivity contribution in [2.45, 2.75) is 17.5 Å². The number of halogens is 1. The molecule has 0 aliphatic carbocycles. The highest BCUT2D eigenvalue weighted by Crippen LogP contribution is 2.07. The Bertz CT molecular complexity index is 198. The molecule has 11 heavy (non-hydrogen) atoms. The molecular formula is C9H12AlCl. The Kier molecular flexibility index (Phi) is 4.01. The number of benzene rings is 1. The molecule has 0 aliphatic rings. The van der Waals surface area contributed by atoms with Gasteiger partial charge >= 0.3 is 13.2 Å².